The Labute approximate surface area is 114 Å². The van der Waals surface area contributed by atoms with Gasteiger partial charge < -0.3 is 15.4 Å². The summed E-state index contributed by atoms with van der Waals surface area (Å²) in [5.41, 5.74) is 3.50. The summed E-state index contributed by atoms with van der Waals surface area (Å²) in [6, 6.07) is 6.12. The van der Waals surface area contributed by atoms with Crippen molar-refractivity contribution in [3.05, 3.63) is 29.3 Å². The first-order valence-electron chi connectivity index (χ1n) is 6.85. The van der Waals surface area contributed by atoms with Crippen LogP contribution in [0.5, 0.6) is 0 Å². The molecular formula is C15H22N2O2. The lowest BCUT2D eigenvalue weighted by Gasteiger charge is -2.20. The van der Waals surface area contributed by atoms with Gasteiger partial charge in [-0.15, -0.1) is 0 Å². The maximum absolute atomic E-state index is 11.9. The zero-order valence-electron chi connectivity index (χ0n) is 11.7. The van der Waals surface area contributed by atoms with Crippen LogP contribution < -0.4 is 10.6 Å². The number of hydrogen-bond acceptors (Lipinski definition) is 3. The number of benzene rings is 1. The van der Waals surface area contributed by atoms with Crippen LogP contribution in [0.15, 0.2) is 18.2 Å². The fourth-order valence-electron chi connectivity index (χ4n) is 2.30. The molecule has 2 N–H and O–H groups in total. The Balaban J connectivity index is 1.97. The van der Waals surface area contributed by atoms with Gasteiger partial charge in [0.1, 0.15) is 0 Å². The average molecular weight is 262 g/mol. The molecule has 2 rings (SSSR count). The molecule has 1 amide bonds. The summed E-state index contributed by atoms with van der Waals surface area (Å²) in [6.45, 7) is 3.82. The molecule has 0 saturated heterocycles. The number of amides is 1. The SMILES string of the molecule is COC(C)CCC(=O)Nc1cccc2c1CNCC2. The molecule has 104 valence electrons. The van der Waals surface area contributed by atoms with Crippen LogP contribution in [0.2, 0.25) is 0 Å². The van der Waals surface area contributed by atoms with Gasteiger partial charge in [0.15, 0.2) is 0 Å². The minimum absolute atomic E-state index is 0.0582. The Hall–Kier alpha value is -1.39. The van der Waals surface area contributed by atoms with Gasteiger partial charge in [-0.05, 0) is 43.5 Å². The number of ether oxygens (including phenoxy) is 1. The van der Waals surface area contributed by atoms with E-state index in [9.17, 15) is 4.79 Å². The number of fused-ring (bicyclic) bond motifs is 1. The van der Waals surface area contributed by atoms with Crippen LogP contribution in [0.1, 0.15) is 30.9 Å². The summed E-state index contributed by atoms with van der Waals surface area (Å²) in [5.74, 6) is 0.0582. The highest BCUT2D eigenvalue weighted by molar-refractivity contribution is 5.91. The maximum atomic E-state index is 11.9. The molecule has 0 bridgehead atoms. The number of hydrogen-bond donors (Lipinski definition) is 2. The number of carbonyl (C=O) groups excluding carboxylic acids is 1. The monoisotopic (exact) mass is 262 g/mol. The predicted molar refractivity (Wildman–Crippen MR) is 76.2 cm³/mol. The van der Waals surface area contributed by atoms with Gasteiger partial charge in [0, 0.05) is 25.8 Å². The molecule has 1 atom stereocenters. The van der Waals surface area contributed by atoms with E-state index in [1.54, 1.807) is 7.11 Å². The van der Waals surface area contributed by atoms with Crippen molar-refractivity contribution in [2.45, 2.75) is 38.8 Å². The van der Waals surface area contributed by atoms with Gasteiger partial charge in [-0.2, -0.15) is 0 Å². The van der Waals surface area contributed by atoms with E-state index in [4.69, 9.17) is 4.74 Å². The van der Waals surface area contributed by atoms with E-state index in [0.717, 1.165) is 31.6 Å². The van der Waals surface area contributed by atoms with Gasteiger partial charge in [-0.25, -0.2) is 0 Å². The number of methoxy groups -OCH3 is 1. The molecule has 4 nitrogen and oxygen atoms in total. The van der Waals surface area contributed by atoms with E-state index >= 15 is 0 Å². The lowest BCUT2D eigenvalue weighted by atomic mass is 9.99. The van der Waals surface area contributed by atoms with E-state index in [-0.39, 0.29) is 12.0 Å². The van der Waals surface area contributed by atoms with Crippen molar-refractivity contribution in [2.24, 2.45) is 0 Å². The number of anilines is 1. The van der Waals surface area contributed by atoms with Gasteiger partial charge in [-0.3, -0.25) is 4.79 Å². The molecule has 1 unspecified atom stereocenters. The second kappa shape index (κ2) is 6.68. The third kappa shape index (κ3) is 3.78. The molecule has 1 aliphatic heterocycles. The van der Waals surface area contributed by atoms with Crippen molar-refractivity contribution in [2.75, 3.05) is 19.0 Å². The first kappa shape index (κ1) is 14.0. The standard InChI is InChI=1S/C15H22N2O2/c1-11(19-2)6-7-15(18)17-14-5-3-4-12-8-9-16-10-13(12)14/h3-5,11,16H,6-10H2,1-2H3,(H,17,18). The quantitative estimate of drug-likeness (QED) is 0.854. The van der Waals surface area contributed by atoms with Gasteiger partial charge in [0.2, 0.25) is 5.91 Å². The molecule has 0 radical (unpaired) electrons. The van der Waals surface area contributed by atoms with E-state index in [2.05, 4.69) is 16.7 Å². The van der Waals surface area contributed by atoms with Gasteiger partial charge in [0.25, 0.3) is 0 Å². The Bertz CT molecular complexity index is 446. The lowest BCUT2D eigenvalue weighted by molar-refractivity contribution is -0.116. The van der Waals surface area contributed by atoms with Crippen LogP contribution in [0, 0.1) is 0 Å². The fraction of sp³-hybridized carbons (Fsp3) is 0.533. The number of carbonyl (C=O) groups is 1. The normalized spacial score (nSPS) is 15.7. The average Bonchev–Trinajstić information content (AvgIpc) is 2.45. The van der Waals surface area contributed by atoms with Crippen molar-refractivity contribution in [1.29, 1.82) is 0 Å². The van der Waals surface area contributed by atoms with Crippen LogP contribution in [0.25, 0.3) is 0 Å². The van der Waals surface area contributed by atoms with Crippen molar-refractivity contribution in [3.8, 4) is 0 Å². The lowest BCUT2D eigenvalue weighted by Crippen LogP contribution is -2.25. The topological polar surface area (TPSA) is 50.4 Å². The molecule has 0 spiro atoms. The summed E-state index contributed by atoms with van der Waals surface area (Å²) in [4.78, 5) is 11.9. The minimum Gasteiger partial charge on any atom is -0.382 e. The summed E-state index contributed by atoms with van der Waals surface area (Å²) in [5, 5.41) is 6.36. The van der Waals surface area contributed by atoms with Gasteiger partial charge >= 0.3 is 0 Å². The molecule has 1 aliphatic rings. The highest BCUT2D eigenvalue weighted by atomic mass is 16.5. The van der Waals surface area contributed by atoms with E-state index in [0.29, 0.717) is 6.42 Å². The summed E-state index contributed by atoms with van der Waals surface area (Å²) < 4.78 is 5.15. The molecule has 1 heterocycles. The zero-order valence-corrected chi connectivity index (χ0v) is 11.7. The zero-order chi connectivity index (χ0) is 13.7. The maximum Gasteiger partial charge on any atom is 0.224 e. The minimum atomic E-state index is 0.0582. The molecule has 0 fully saturated rings. The summed E-state index contributed by atoms with van der Waals surface area (Å²) in [6.07, 6.45) is 2.39. The van der Waals surface area contributed by atoms with Gasteiger partial charge in [-0.1, -0.05) is 12.1 Å². The van der Waals surface area contributed by atoms with Crippen LogP contribution >= 0.6 is 0 Å². The summed E-state index contributed by atoms with van der Waals surface area (Å²) >= 11 is 0. The Morgan fingerprint density at radius 1 is 1.53 bits per heavy atom. The fourth-order valence-corrected chi connectivity index (χ4v) is 2.30. The highest BCUT2D eigenvalue weighted by Crippen LogP contribution is 2.23. The van der Waals surface area contributed by atoms with Crippen LogP contribution in [-0.2, 0) is 22.5 Å². The second-order valence-electron chi connectivity index (χ2n) is 5.00. The van der Waals surface area contributed by atoms with E-state index < -0.39 is 0 Å². The summed E-state index contributed by atoms with van der Waals surface area (Å²) in [7, 11) is 1.67. The van der Waals surface area contributed by atoms with E-state index in [1.807, 2.05) is 19.1 Å². The van der Waals surface area contributed by atoms with E-state index in [1.165, 1.54) is 11.1 Å². The molecular weight excluding hydrogens is 240 g/mol. The molecule has 1 aromatic rings. The third-order valence-electron chi connectivity index (χ3n) is 3.60. The predicted octanol–water partition coefficient (Wildman–Crippen LogP) is 2.09. The number of nitrogens with one attached hydrogen (secondary N) is 2. The van der Waals surface area contributed by atoms with Crippen molar-refractivity contribution in [1.82, 2.24) is 5.32 Å². The third-order valence-corrected chi connectivity index (χ3v) is 3.60. The van der Waals surface area contributed by atoms with Crippen LogP contribution in [0.4, 0.5) is 5.69 Å². The second-order valence-corrected chi connectivity index (χ2v) is 5.00. The largest absolute Gasteiger partial charge is 0.382 e. The highest BCUT2D eigenvalue weighted by Gasteiger charge is 2.14. The smallest absolute Gasteiger partial charge is 0.224 e. The van der Waals surface area contributed by atoms with Crippen molar-refractivity contribution in [3.63, 3.8) is 0 Å². The first-order valence-corrected chi connectivity index (χ1v) is 6.85. The Morgan fingerprint density at radius 3 is 3.16 bits per heavy atom. The molecule has 1 aromatic carbocycles. The van der Waals surface area contributed by atoms with Crippen molar-refractivity contribution < 1.29 is 9.53 Å². The molecule has 19 heavy (non-hydrogen) atoms. The number of rotatable bonds is 5. The molecule has 4 heteroatoms. The molecule has 0 saturated carbocycles. The first-order chi connectivity index (χ1) is 9.20. The molecule has 0 aromatic heterocycles. The Kier molecular flexibility index (Phi) is 4.93. The van der Waals surface area contributed by atoms with Crippen LogP contribution in [-0.4, -0.2) is 25.7 Å². The van der Waals surface area contributed by atoms with Crippen LogP contribution in [0.3, 0.4) is 0 Å². The van der Waals surface area contributed by atoms with Crippen molar-refractivity contribution >= 4 is 11.6 Å². The Morgan fingerprint density at radius 2 is 2.37 bits per heavy atom. The van der Waals surface area contributed by atoms with Gasteiger partial charge in [0.05, 0.1) is 6.10 Å². The molecule has 0 aliphatic carbocycles.